The number of methoxy groups -OCH3 is 1. The highest BCUT2D eigenvalue weighted by molar-refractivity contribution is 5.98. The molecule has 3 rings (SSSR count). The predicted octanol–water partition coefficient (Wildman–Crippen LogP) is 2.86. The number of hydrogen-bond acceptors (Lipinski definition) is 5. The van der Waals surface area contributed by atoms with Gasteiger partial charge in [-0.3, -0.25) is 9.59 Å². The van der Waals surface area contributed by atoms with Gasteiger partial charge in [0.25, 0.3) is 0 Å². The third-order valence-electron chi connectivity index (χ3n) is 5.10. The molecule has 2 heterocycles. The van der Waals surface area contributed by atoms with Gasteiger partial charge in [0.15, 0.2) is 0 Å². The van der Waals surface area contributed by atoms with Gasteiger partial charge in [-0.25, -0.2) is 4.98 Å². The average molecular weight is 317 g/mol. The van der Waals surface area contributed by atoms with E-state index in [9.17, 15) is 9.59 Å². The molecule has 0 bridgehead atoms. The van der Waals surface area contributed by atoms with Gasteiger partial charge < -0.3 is 9.47 Å². The molecule has 1 aromatic heterocycles. The van der Waals surface area contributed by atoms with Crippen LogP contribution in [-0.2, 0) is 20.7 Å². The molecule has 1 saturated heterocycles. The smallest absolute Gasteiger partial charge is 0.313 e. The molecule has 23 heavy (non-hydrogen) atoms. The summed E-state index contributed by atoms with van der Waals surface area (Å²) in [5.74, 6) is 0.544. The van der Waals surface area contributed by atoms with Gasteiger partial charge in [0, 0.05) is 18.7 Å². The lowest BCUT2D eigenvalue weighted by atomic mass is 9.76. The van der Waals surface area contributed by atoms with Crippen molar-refractivity contribution in [3.05, 3.63) is 23.9 Å². The number of nitrogens with zero attached hydrogens (tertiary/aromatic N) is 1. The molecule has 1 unspecified atom stereocenters. The predicted molar refractivity (Wildman–Crippen MR) is 84.1 cm³/mol. The van der Waals surface area contributed by atoms with Gasteiger partial charge >= 0.3 is 5.97 Å². The van der Waals surface area contributed by atoms with Crippen molar-refractivity contribution >= 4 is 11.8 Å². The molecule has 0 aromatic carbocycles. The SMILES string of the molecule is COc1ccc(CCC2(C3CCCC3)CC(=O)CC(=O)O2)cn1. The molecule has 0 N–H and O–H groups in total. The van der Waals surface area contributed by atoms with Crippen LogP contribution in [0.25, 0.3) is 0 Å². The van der Waals surface area contributed by atoms with Gasteiger partial charge in [-0.05, 0) is 37.2 Å². The summed E-state index contributed by atoms with van der Waals surface area (Å²) >= 11 is 0. The van der Waals surface area contributed by atoms with E-state index in [1.807, 2.05) is 12.1 Å². The number of ether oxygens (including phenoxy) is 2. The van der Waals surface area contributed by atoms with Crippen LogP contribution in [0.1, 0.15) is 50.5 Å². The summed E-state index contributed by atoms with van der Waals surface area (Å²) in [6, 6.07) is 3.80. The Labute approximate surface area is 136 Å². The number of rotatable bonds is 5. The first-order valence-corrected chi connectivity index (χ1v) is 8.34. The number of hydrogen-bond donors (Lipinski definition) is 0. The quantitative estimate of drug-likeness (QED) is 0.617. The molecule has 1 aromatic rings. The van der Waals surface area contributed by atoms with Gasteiger partial charge in [0.2, 0.25) is 5.88 Å². The second-order valence-electron chi connectivity index (χ2n) is 6.62. The Kier molecular flexibility index (Phi) is 4.64. The zero-order valence-corrected chi connectivity index (χ0v) is 13.5. The van der Waals surface area contributed by atoms with Gasteiger partial charge in [-0.2, -0.15) is 0 Å². The lowest BCUT2D eigenvalue weighted by molar-refractivity contribution is -0.178. The Morgan fingerprint density at radius 2 is 2.09 bits per heavy atom. The zero-order valence-electron chi connectivity index (χ0n) is 13.5. The lowest BCUT2D eigenvalue weighted by Crippen LogP contribution is -2.48. The Morgan fingerprint density at radius 3 is 2.70 bits per heavy atom. The molecule has 1 saturated carbocycles. The summed E-state index contributed by atoms with van der Waals surface area (Å²) in [6.07, 6.45) is 7.91. The van der Waals surface area contributed by atoms with Gasteiger partial charge in [-0.15, -0.1) is 0 Å². The van der Waals surface area contributed by atoms with Crippen LogP contribution in [0.4, 0.5) is 0 Å². The molecular formula is C18H23NO4. The monoisotopic (exact) mass is 317 g/mol. The maximum atomic E-state index is 12.0. The van der Waals surface area contributed by atoms with Crippen molar-refractivity contribution in [1.82, 2.24) is 4.98 Å². The molecule has 2 fully saturated rings. The minimum Gasteiger partial charge on any atom is -0.481 e. The molecule has 0 amide bonds. The van der Waals surface area contributed by atoms with Crippen molar-refractivity contribution in [1.29, 1.82) is 0 Å². The van der Waals surface area contributed by atoms with Gasteiger partial charge in [0.05, 0.1) is 7.11 Å². The second-order valence-corrected chi connectivity index (χ2v) is 6.62. The van der Waals surface area contributed by atoms with E-state index < -0.39 is 5.60 Å². The van der Waals surface area contributed by atoms with Crippen molar-refractivity contribution in [2.75, 3.05) is 7.11 Å². The molecule has 5 heteroatoms. The van der Waals surface area contributed by atoms with Crippen LogP contribution in [-0.4, -0.2) is 29.4 Å². The second kappa shape index (κ2) is 6.69. The van der Waals surface area contributed by atoms with E-state index in [-0.39, 0.29) is 18.2 Å². The minimum absolute atomic E-state index is 0.0148. The van der Waals surface area contributed by atoms with E-state index in [0.29, 0.717) is 24.6 Å². The summed E-state index contributed by atoms with van der Waals surface area (Å²) in [7, 11) is 1.59. The van der Waals surface area contributed by atoms with E-state index in [1.54, 1.807) is 13.3 Å². The van der Waals surface area contributed by atoms with E-state index in [1.165, 1.54) is 0 Å². The maximum Gasteiger partial charge on any atom is 0.313 e. The highest BCUT2D eigenvalue weighted by atomic mass is 16.6. The molecule has 1 aliphatic carbocycles. The number of aromatic nitrogens is 1. The number of Topliss-reactive ketones (excluding diaryl/α,β-unsaturated/α-hetero) is 1. The van der Waals surface area contributed by atoms with Crippen molar-refractivity contribution in [3.8, 4) is 5.88 Å². The standard InChI is InChI=1S/C18H23NO4/c1-22-16-7-6-13(12-19-16)8-9-18(14-4-2-3-5-14)11-15(20)10-17(21)23-18/h6-7,12,14H,2-5,8-11H2,1H3. The van der Waals surface area contributed by atoms with Crippen LogP contribution < -0.4 is 4.74 Å². The van der Waals surface area contributed by atoms with Crippen LogP contribution in [0.15, 0.2) is 18.3 Å². The molecule has 5 nitrogen and oxygen atoms in total. The molecule has 0 radical (unpaired) electrons. The van der Waals surface area contributed by atoms with Crippen LogP contribution in [0.3, 0.4) is 0 Å². The van der Waals surface area contributed by atoms with E-state index >= 15 is 0 Å². The summed E-state index contributed by atoms with van der Waals surface area (Å²) in [6.45, 7) is 0. The first-order valence-electron chi connectivity index (χ1n) is 8.34. The third kappa shape index (κ3) is 3.54. The number of carbonyl (C=O) groups excluding carboxylic acids is 2. The van der Waals surface area contributed by atoms with Gasteiger partial charge in [0.1, 0.15) is 17.8 Å². The maximum absolute atomic E-state index is 12.0. The fourth-order valence-corrected chi connectivity index (χ4v) is 3.91. The highest BCUT2D eigenvalue weighted by Crippen LogP contribution is 2.43. The third-order valence-corrected chi connectivity index (χ3v) is 5.10. The van der Waals surface area contributed by atoms with Crippen LogP contribution in [0.2, 0.25) is 0 Å². The summed E-state index contributed by atoms with van der Waals surface area (Å²) < 4.78 is 10.9. The van der Waals surface area contributed by atoms with Crippen molar-refractivity contribution in [2.24, 2.45) is 5.92 Å². The number of carbonyl (C=O) groups is 2. The van der Waals surface area contributed by atoms with Crippen LogP contribution in [0, 0.1) is 5.92 Å². The summed E-state index contributed by atoms with van der Waals surface area (Å²) in [5, 5.41) is 0. The minimum atomic E-state index is -0.608. The number of pyridine rings is 1. The first-order chi connectivity index (χ1) is 11.1. The molecule has 1 aliphatic heterocycles. The number of aryl methyl sites for hydroxylation is 1. The van der Waals surface area contributed by atoms with Crippen molar-refractivity contribution < 1.29 is 19.1 Å². The van der Waals surface area contributed by atoms with Crippen molar-refractivity contribution in [3.63, 3.8) is 0 Å². The fraction of sp³-hybridized carbons (Fsp3) is 0.611. The van der Waals surface area contributed by atoms with Crippen LogP contribution in [0.5, 0.6) is 5.88 Å². The number of esters is 1. The van der Waals surface area contributed by atoms with Gasteiger partial charge in [-0.1, -0.05) is 18.9 Å². The van der Waals surface area contributed by atoms with E-state index in [4.69, 9.17) is 9.47 Å². The normalized spacial score (nSPS) is 25.4. The topological polar surface area (TPSA) is 65.5 Å². The Bertz CT molecular complexity index is 559. The molecular weight excluding hydrogens is 294 g/mol. The molecule has 1 atom stereocenters. The van der Waals surface area contributed by atoms with E-state index in [0.717, 1.165) is 37.7 Å². The average Bonchev–Trinajstić information content (AvgIpc) is 3.08. The highest BCUT2D eigenvalue weighted by Gasteiger charge is 2.47. The first kappa shape index (κ1) is 16.0. The summed E-state index contributed by atoms with van der Waals surface area (Å²) in [5.41, 5.74) is 0.459. The Hall–Kier alpha value is -1.91. The van der Waals surface area contributed by atoms with Crippen LogP contribution >= 0.6 is 0 Å². The fourth-order valence-electron chi connectivity index (χ4n) is 3.91. The van der Waals surface area contributed by atoms with E-state index in [2.05, 4.69) is 4.98 Å². The largest absolute Gasteiger partial charge is 0.481 e. The number of cyclic esters (lactones) is 1. The molecule has 124 valence electrons. The Morgan fingerprint density at radius 1 is 1.30 bits per heavy atom. The molecule has 0 spiro atoms. The summed E-state index contributed by atoms with van der Waals surface area (Å²) in [4.78, 5) is 28.1. The number of ketones is 1. The molecule has 2 aliphatic rings. The zero-order chi connectivity index (χ0) is 16.3. The van der Waals surface area contributed by atoms with Crippen molar-refractivity contribution in [2.45, 2.75) is 57.0 Å². The Balaban J connectivity index is 1.75. The lowest BCUT2D eigenvalue weighted by Gasteiger charge is -2.41.